The van der Waals surface area contributed by atoms with Crippen LogP contribution in [0.15, 0.2) is 35.4 Å². The van der Waals surface area contributed by atoms with Crippen LogP contribution in [-0.4, -0.2) is 15.0 Å². The molecule has 90 valence electrons. The highest BCUT2D eigenvalue weighted by Gasteiger charge is 2.10. The molecule has 0 fully saturated rings. The van der Waals surface area contributed by atoms with Crippen molar-refractivity contribution in [2.45, 2.75) is 0 Å². The number of rotatable bonds is 1. The number of imidazole rings is 1. The highest BCUT2D eigenvalue weighted by Crippen LogP contribution is 2.27. The van der Waals surface area contributed by atoms with Crippen molar-refractivity contribution in [2.24, 2.45) is 0 Å². The molecule has 1 aromatic carbocycles. The standard InChI is InChI=1S/C12H7Cl2N3O/c13-7-3-9-10(4-8(7)14)17-12(16-9)6-5-15-2-1-11(6)18/h1-5H,(H,15,18)(H,16,17). The van der Waals surface area contributed by atoms with Crippen molar-refractivity contribution >= 4 is 34.2 Å². The second-order valence-corrected chi connectivity index (χ2v) is 4.61. The van der Waals surface area contributed by atoms with Gasteiger partial charge in [-0.2, -0.15) is 0 Å². The van der Waals surface area contributed by atoms with Gasteiger partial charge in [-0.25, -0.2) is 4.98 Å². The Hall–Kier alpha value is -1.78. The summed E-state index contributed by atoms with van der Waals surface area (Å²) in [5.74, 6) is 0.491. The van der Waals surface area contributed by atoms with E-state index in [9.17, 15) is 4.79 Å². The number of pyridine rings is 1. The van der Waals surface area contributed by atoms with Crippen molar-refractivity contribution in [1.82, 2.24) is 15.0 Å². The summed E-state index contributed by atoms with van der Waals surface area (Å²) in [6.45, 7) is 0. The summed E-state index contributed by atoms with van der Waals surface area (Å²) in [5, 5.41) is 0.880. The topological polar surface area (TPSA) is 61.5 Å². The molecule has 0 saturated carbocycles. The Morgan fingerprint density at radius 3 is 2.72 bits per heavy atom. The average Bonchev–Trinajstić information content (AvgIpc) is 2.73. The van der Waals surface area contributed by atoms with E-state index in [2.05, 4.69) is 15.0 Å². The van der Waals surface area contributed by atoms with Gasteiger partial charge < -0.3 is 9.97 Å². The number of nitrogens with one attached hydrogen (secondary N) is 2. The number of H-pyrrole nitrogens is 2. The number of hydrogen-bond donors (Lipinski definition) is 2. The molecule has 0 saturated heterocycles. The summed E-state index contributed by atoms with van der Waals surface area (Å²) >= 11 is 11.8. The minimum Gasteiger partial charge on any atom is -0.367 e. The molecule has 2 N–H and O–H groups in total. The summed E-state index contributed by atoms with van der Waals surface area (Å²) < 4.78 is 0. The molecule has 6 heteroatoms. The molecule has 18 heavy (non-hydrogen) atoms. The zero-order valence-corrected chi connectivity index (χ0v) is 10.5. The molecule has 0 radical (unpaired) electrons. The van der Waals surface area contributed by atoms with Crippen LogP contribution in [0.25, 0.3) is 22.4 Å². The molecule has 0 aliphatic heterocycles. The van der Waals surface area contributed by atoms with E-state index in [0.717, 1.165) is 5.52 Å². The highest BCUT2D eigenvalue weighted by atomic mass is 35.5. The van der Waals surface area contributed by atoms with Crippen molar-refractivity contribution in [3.63, 3.8) is 0 Å². The van der Waals surface area contributed by atoms with Crippen molar-refractivity contribution in [3.8, 4) is 11.4 Å². The number of hydrogen-bond acceptors (Lipinski definition) is 2. The van der Waals surface area contributed by atoms with E-state index in [1.165, 1.54) is 6.07 Å². The van der Waals surface area contributed by atoms with E-state index < -0.39 is 0 Å². The summed E-state index contributed by atoms with van der Waals surface area (Å²) in [6.07, 6.45) is 3.17. The predicted octanol–water partition coefficient (Wildman–Crippen LogP) is 3.23. The largest absolute Gasteiger partial charge is 0.367 e. The minimum atomic E-state index is -0.106. The van der Waals surface area contributed by atoms with Crippen molar-refractivity contribution < 1.29 is 0 Å². The lowest BCUT2D eigenvalue weighted by atomic mass is 10.2. The summed E-state index contributed by atoms with van der Waals surface area (Å²) in [6, 6.07) is 4.80. The molecular formula is C12H7Cl2N3O. The molecule has 0 bridgehead atoms. The molecule has 4 nitrogen and oxygen atoms in total. The molecule has 3 rings (SSSR count). The Morgan fingerprint density at radius 1 is 1.17 bits per heavy atom. The first kappa shape index (κ1) is 11.3. The van der Waals surface area contributed by atoms with Crippen LogP contribution >= 0.6 is 23.2 Å². The normalized spacial score (nSPS) is 11.0. The quantitative estimate of drug-likeness (QED) is 0.718. The molecule has 0 amide bonds. The number of halogens is 2. The third kappa shape index (κ3) is 1.79. The molecule has 0 aliphatic carbocycles. The second-order valence-electron chi connectivity index (χ2n) is 3.79. The van der Waals surface area contributed by atoms with Crippen LogP contribution in [0.5, 0.6) is 0 Å². The van der Waals surface area contributed by atoms with E-state index >= 15 is 0 Å². The maximum Gasteiger partial charge on any atom is 0.192 e. The Morgan fingerprint density at radius 2 is 1.94 bits per heavy atom. The van der Waals surface area contributed by atoms with Gasteiger partial charge in [-0.05, 0) is 12.1 Å². The van der Waals surface area contributed by atoms with Crippen LogP contribution in [0.3, 0.4) is 0 Å². The first-order valence-corrected chi connectivity index (χ1v) is 5.93. The summed E-state index contributed by atoms with van der Waals surface area (Å²) in [7, 11) is 0. The summed E-state index contributed by atoms with van der Waals surface area (Å²) in [4.78, 5) is 21.9. The zero-order valence-electron chi connectivity index (χ0n) is 9.00. The number of benzene rings is 1. The fourth-order valence-corrected chi connectivity index (χ4v) is 2.06. The predicted molar refractivity (Wildman–Crippen MR) is 72.2 cm³/mol. The van der Waals surface area contributed by atoms with Gasteiger partial charge in [0.05, 0.1) is 26.6 Å². The third-order valence-corrected chi connectivity index (χ3v) is 3.33. The van der Waals surface area contributed by atoms with Gasteiger partial charge in [0.15, 0.2) is 5.43 Å². The number of fused-ring (bicyclic) bond motifs is 1. The molecule has 0 unspecified atom stereocenters. The molecule has 0 aliphatic rings. The SMILES string of the molecule is O=c1cc[nH]cc1-c1nc2cc(Cl)c(Cl)cc2[nH]1. The van der Waals surface area contributed by atoms with Gasteiger partial charge >= 0.3 is 0 Å². The van der Waals surface area contributed by atoms with Gasteiger partial charge in [0, 0.05) is 18.5 Å². The van der Waals surface area contributed by atoms with Gasteiger partial charge in [0.2, 0.25) is 0 Å². The zero-order chi connectivity index (χ0) is 12.7. The molecule has 0 atom stereocenters. The monoisotopic (exact) mass is 279 g/mol. The van der Waals surface area contributed by atoms with Crippen molar-refractivity contribution in [1.29, 1.82) is 0 Å². The average molecular weight is 280 g/mol. The lowest BCUT2D eigenvalue weighted by Gasteiger charge is -1.93. The van der Waals surface area contributed by atoms with Crippen LogP contribution in [-0.2, 0) is 0 Å². The first-order valence-electron chi connectivity index (χ1n) is 5.17. The van der Waals surface area contributed by atoms with Gasteiger partial charge in [-0.3, -0.25) is 4.79 Å². The maximum atomic E-state index is 11.7. The van der Waals surface area contributed by atoms with E-state index in [1.54, 1.807) is 24.5 Å². The van der Waals surface area contributed by atoms with E-state index in [0.29, 0.717) is 26.9 Å². The van der Waals surface area contributed by atoms with E-state index in [4.69, 9.17) is 23.2 Å². The Balaban J connectivity index is 2.26. The minimum absolute atomic E-state index is 0.106. The second kappa shape index (κ2) is 4.15. The first-order chi connectivity index (χ1) is 8.65. The lowest BCUT2D eigenvalue weighted by molar-refractivity contribution is 1.25. The van der Waals surface area contributed by atoms with Crippen molar-refractivity contribution in [2.75, 3.05) is 0 Å². The Bertz CT molecular complexity index is 752. The van der Waals surface area contributed by atoms with Crippen LogP contribution in [0.2, 0.25) is 10.0 Å². The van der Waals surface area contributed by atoms with Crippen LogP contribution in [0.4, 0.5) is 0 Å². The van der Waals surface area contributed by atoms with Gasteiger partial charge in [-0.15, -0.1) is 0 Å². The molecule has 3 aromatic rings. The summed E-state index contributed by atoms with van der Waals surface area (Å²) in [5.41, 5.74) is 1.77. The van der Waals surface area contributed by atoms with Crippen LogP contribution < -0.4 is 5.43 Å². The van der Waals surface area contributed by atoms with Gasteiger partial charge in [0.25, 0.3) is 0 Å². The van der Waals surface area contributed by atoms with E-state index in [-0.39, 0.29) is 5.43 Å². The molecule has 0 spiro atoms. The molecule has 2 heterocycles. The van der Waals surface area contributed by atoms with E-state index in [1.807, 2.05) is 0 Å². The number of nitrogens with zero attached hydrogens (tertiary/aromatic N) is 1. The number of aromatic amines is 2. The van der Waals surface area contributed by atoms with Gasteiger partial charge in [-0.1, -0.05) is 23.2 Å². The van der Waals surface area contributed by atoms with Gasteiger partial charge in [0.1, 0.15) is 5.82 Å². The lowest BCUT2D eigenvalue weighted by Crippen LogP contribution is -2.03. The number of aromatic nitrogens is 3. The fraction of sp³-hybridized carbons (Fsp3) is 0. The Kier molecular flexibility index (Phi) is 2.61. The maximum absolute atomic E-state index is 11.7. The van der Waals surface area contributed by atoms with Crippen LogP contribution in [0, 0.1) is 0 Å². The molecule has 2 aromatic heterocycles. The van der Waals surface area contributed by atoms with Crippen molar-refractivity contribution in [3.05, 3.63) is 50.9 Å². The Labute approximate surface area is 112 Å². The smallest absolute Gasteiger partial charge is 0.192 e. The highest BCUT2D eigenvalue weighted by molar-refractivity contribution is 6.42. The third-order valence-electron chi connectivity index (χ3n) is 2.60. The fourth-order valence-electron chi connectivity index (χ4n) is 1.73. The van der Waals surface area contributed by atoms with Crippen LogP contribution in [0.1, 0.15) is 0 Å². The molecular weight excluding hydrogens is 273 g/mol.